The predicted octanol–water partition coefficient (Wildman–Crippen LogP) is 5.62. The summed E-state index contributed by atoms with van der Waals surface area (Å²) in [6, 6.07) is 14.1. The molecule has 0 saturated heterocycles. The average molecular weight is 411 g/mol. The van der Waals surface area contributed by atoms with Crippen LogP contribution in [0.4, 0.5) is 5.69 Å². The Hall–Kier alpha value is -2.82. The van der Waals surface area contributed by atoms with Gasteiger partial charge in [-0.05, 0) is 74.7 Å². The van der Waals surface area contributed by atoms with Crippen molar-refractivity contribution in [3.8, 4) is 5.75 Å². The molecule has 0 spiro atoms. The number of nitrogens with one attached hydrogen (secondary N) is 1. The van der Waals surface area contributed by atoms with Crippen molar-refractivity contribution in [2.24, 2.45) is 5.92 Å². The Balaban J connectivity index is 1.96. The van der Waals surface area contributed by atoms with E-state index >= 15 is 0 Å². The molecular formula is C25H34N2O3. The first-order valence-electron chi connectivity index (χ1n) is 10.8. The zero-order chi connectivity index (χ0) is 22.1. The smallest absolute Gasteiger partial charge is 0.255 e. The molecule has 2 aromatic carbocycles. The summed E-state index contributed by atoms with van der Waals surface area (Å²) in [4.78, 5) is 26.9. The molecule has 0 saturated carbocycles. The van der Waals surface area contributed by atoms with Gasteiger partial charge in [-0.15, -0.1) is 0 Å². The van der Waals surface area contributed by atoms with Gasteiger partial charge in [0.2, 0.25) is 0 Å². The SMILES string of the molecule is CCCC(CC)CN(C)C(=O)c1ccc(NC(=O)c2ccc(OC(C)C)cc2)cc1. The molecule has 0 fully saturated rings. The molecule has 0 bridgehead atoms. The first kappa shape index (κ1) is 23.5. The van der Waals surface area contributed by atoms with Crippen molar-refractivity contribution in [1.82, 2.24) is 4.90 Å². The van der Waals surface area contributed by atoms with Crippen LogP contribution in [0.1, 0.15) is 67.7 Å². The van der Waals surface area contributed by atoms with Crippen LogP contribution in [-0.2, 0) is 0 Å². The number of anilines is 1. The second-order valence-corrected chi connectivity index (χ2v) is 7.97. The lowest BCUT2D eigenvalue weighted by molar-refractivity contribution is 0.0768. The summed E-state index contributed by atoms with van der Waals surface area (Å²) in [6.07, 6.45) is 3.41. The molecule has 0 heterocycles. The van der Waals surface area contributed by atoms with E-state index in [0.717, 1.165) is 31.6 Å². The maximum absolute atomic E-state index is 12.7. The van der Waals surface area contributed by atoms with Crippen molar-refractivity contribution in [1.29, 1.82) is 0 Å². The number of rotatable bonds is 10. The number of amides is 2. The molecule has 0 radical (unpaired) electrons. The maximum atomic E-state index is 12.7. The van der Waals surface area contributed by atoms with Gasteiger partial charge in [0.05, 0.1) is 6.10 Å². The van der Waals surface area contributed by atoms with E-state index in [4.69, 9.17) is 4.74 Å². The number of carbonyl (C=O) groups excluding carboxylic acids is 2. The Morgan fingerprint density at radius 2 is 1.57 bits per heavy atom. The number of benzene rings is 2. The first-order chi connectivity index (χ1) is 14.3. The summed E-state index contributed by atoms with van der Waals surface area (Å²) in [5, 5.41) is 2.87. The minimum Gasteiger partial charge on any atom is -0.491 e. The van der Waals surface area contributed by atoms with Crippen LogP contribution in [0.5, 0.6) is 5.75 Å². The molecule has 2 aromatic rings. The number of hydrogen-bond acceptors (Lipinski definition) is 3. The molecular weight excluding hydrogens is 376 g/mol. The lowest BCUT2D eigenvalue weighted by Crippen LogP contribution is -2.31. The largest absolute Gasteiger partial charge is 0.491 e. The van der Waals surface area contributed by atoms with Crippen LogP contribution in [0.2, 0.25) is 0 Å². The zero-order valence-corrected chi connectivity index (χ0v) is 18.8. The molecule has 0 aliphatic rings. The zero-order valence-electron chi connectivity index (χ0n) is 18.8. The van der Waals surface area contributed by atoms with Gasteiger partial charge in [0.15, 0.2) is 0 Å². The highest BCUT2D eigenvalue weighted by molar-refractivity contribution is 6.04. The number of carbonyl (C=O) groups is 2. The van der Waals surface area contributed by atoms with Gasteiger partial charge in [0.1, 0.15) is 5.75 Å². The molecule has 1 unspecified atom stereocenters. The molecule has 0 aliphatic heterocycles. The molecule has 5 heteroatoms. The summed E-state index contributed by atoms with van der Waals surface area (Å²) >= 11 is 0. The van der Waals surface area contributed by atoms with Crippen molar-refractivity contribution in [3.05, 3.63) is 59.7 Å². The van der Waals surface area contributed by atoms with Crippen LogP contribution < -0.4 is 10.1 Å². The minimum atomic E-state index is -0.201. The predicted molar refractivity (Wildman–Crippen MR) is 122 cm³/mol. The summed E-state index contributed by atoms with van der Waals surface area (Å²) in [5.74, 6) is 1.06. The summed E-state index contributed by atoms with van der Waals surface area (Å²) < 4.78 is 5.60. The van der Waals surface area contributed by atoms with E-state index in [2.05, 4.69) is 19.2 Å². The molecule has 0 aromatic heterocycles. The Morgan fingerprint density at radius 1 is 0.967 bits per heavy atom. The van der Waals surface area contributed by atoms with Gasteiger partial charge in [0.25, 0.3) is 11.8 Å². The Kier molecular flexibility index (Phi) is 8.90. The lowest BCUT2D eigenvalue weighted by Gasteiger charge is -2.23. The molecule has 162 valence electrons. The van der Waals surface area contributed by atoms with Gasteiger partial charge in [-0.25, -0.2) is 0 Å². The maximum Gasteiger partial charge on any atom is 0.255 e. The number of ether oxygens (including phenoxy) is 1. The lowest BCUT2D eigenvalue weighted by atomic mass is 10.00. The van der Waals surface area contributed by atoms with Crippen LogP contribution >= 0.6 is 0 Å². The summed E-state index contributed by atoms with van der Waals surface area (Å²) in [7, 11) is 1.85. The third-order valence-electron chi connectivity index (χ3n) is 5.03. The van der Waals surface area contributed by atoms with E-state index in [9.17, 15) is 9.59 Å². The van der Waals surface area contributed by atoms with Gasteiger partial charge < -0.3 is 15.0 Å². The Bertz CT molecular complexity index is 813. The van der Waals surface area contributed by atoms with Crippen LogP contribution in [0.3, 0.4) is 0 Å². The van der Waals surface area contributed by atoms with Crippen molar-refractivity contribution in [2.75, 3.05) is 18.9 Å². The molecule has 1 N–H and O–H groups in total. The standard InChI is InChI=1S/C25H34N2O3/c1-6-8-19(7-2)17-27(5)25(29)21-9-13-22(14-10-21)26-24(28)20-11-15-23(16-12-20)30-18(3)4/h9-16,18-19H,6-8,17H2,1-5H3,(H,26,28). The Labute approximate surface area is 180 Å². The molecule has 5 nitrogen and oxygen atoms in total. The van der Waals surface area contributed by atoms with Crippen LogP contribution in [0.15, 0.2) is 48.5 Å². The van der Waals surface area contributed by atoms with Gasteiger partial charge in [-0.1, -0.05) is 26.7 Å². The Morgan fingerprint density at radius 3 is 2.10 bits per heavy atom. The minimum absolute atomic E-state index is 0.00294. The second kappa shape index (κ2) is 11.4. The first-order valence-corrected chi connectivity index (χ1v) is 10.8. The fourth-order valence-electron chi connectivity index (χ4n) is 3.38. The fourth-order valence-corrected chi connectivity index (χ4v) is 3.38. The molecule has 30 heavy (non-hydrogen) atoms. The highest BCUT2D eigenvalue weighted by Crippen LogP contribution is 2.18. The van der Waals surface area contributed by atoms with Crippen LogP contribution in [0, 0.1) is 5.92 Å². The topological polar surface area (TPSA) is 58.6 Å². The second-order valence-electron chi connectivity index (χ2n) is 7.97. The van der Waals surface area contributed by atoms with Crippen LogP contribution in [-0.4, -0.2) is 36.4 Å². The molecule has 0 aliphatic carbocycles. The van der Waals surface area contributed by atoms with Gasteiger partial charge in [0, 0.05) is 30.4 Å². The van der Waals surface area contributed by atoms with Gasteiger partial charge in [-0.3, -0.25) is 9.59 Å². The third-order valence-corrected chi connectivity index (χ3v) is 5.03. The van der Waals surface area contributed by atoms with E-state index in [1.807, 2.05) is 20.9 Å². The average Bonchev–Trinajstić information content (AvgIpc) is 2.73. The van der Waals surface area contributed by atoms with Crippen molar-refractivity contribution < 1.29 is 14.3 Å². The van der Waals surface area contributed by atoms with E-state index in [0.29, 0.717) is 22.7 Å². The highest BCUT2D eigenvalue weighted by Gasteiger charge is 2.16. The normalized spacial score (nSPS) is 11.8. The van der Waals surface area contributed by atoms with Gasteiger partial charge in [-0.2, -0.15) is 0 Å². The van der Waals surface area contributed by atoms with Crippen molar-refractivity contribution in [3.63, 3.8) is 0 Å². The van der Waals surface area contributed by atoms with Crippen LogP contribution in [0.25, 0.3) is 0 Å². The van der Waals surface area contributed by atoms with Gasteiger partial charge >= 0.3 is 0 Å². The fraction of sp³-hybridized carbons (Fsp3) is 0.440. The van der Waals surface area contributed by atoms with E-state index < -0.39 is 0 Å². The molecule has 1 atom stereocenters. The summed E-state index contributed by atoms with van der Waals surface area (Å²) in [5.41, 5.74) is 1.82. The molecule has 2 rings (SSSR count). The molecule has 2 amide bonds. The van der Waals surface area contributed by atoms with E-state index in [-0.39, 0.29) is 17.9 Å². The van der Waals surface area contributed by atoms with Crippen molar-refractivity contribution >= 4 is 17.5 Å². The number of nitrogens with zero attached hydrogens (tertiary/aromatic N) is 1. The number of hydrogen-bond donors (Lipinski definition) is 1. The van der Waals surface area contributed by atoms with E-state index in [1.54, 1.807) is 53.4 Å². The van der Waals surface area contributed by atoms with E-state index in [1.165, 1.54) is 0 Å². The summed E-state index contributed by atoms with van der Waals surface area (Å²) in [6.45, 7) is 9.02. The highest BCUT2D eigenvalue weighted by atomic mass is 16.5. The van der Waals surface area contributed by atoms with Crippen molar-refractivity contribution in [2.45, 2.75) is 53.1 Å². The monoisotopic (exact) mass is 410 g/mol. The quantitative estimate of drug-likeness (QED) is 0.553. The third kappa shape index (κ3) is 6.90.